The molecule has 96 valence electrons. The second-order valence-electron chi connectivity index (χ2n) is 4.76. The Bertz CT molecular complexity index is 320. The maximum Gasteiger partial charge on any atom is 0.315 e. The fraction of sp³-hybridized carbons (Fsp3) is 0.833. The Morgan fingerprint density at radius 1 is 1.29 bits per heavy atom. The first-order valence-corrected chi connectivity index (χ1v) is 6.65. The molecule has 0 unspecified atom stereocenters. The van der Waals surface area contributed by atoms with Crippen molar-refractivity contribution >= 4 is 6.01 Å². The minimum absolute atomic E-state index is 0.528. The number of nitrogens with one attached hydrogen (secondary N) is 1. The Hall–Kier alpha value is -1.10. The summed E-state index contributed by atoms with van der Waals surface area (Å²) in [7, 11) is 0. The number of rotatable bonds is 7. The Balaban J connectivity index is 1.60. The van der Waals surface area contributed by atoms with Crippen molar-refractivity contribution in [2.75, 3.05) is 18.4 Å². The molecule has 17 heavy (non-hydrogen) atoms. The first-order valence-electron chi connectivity index (χ1n) is 6.65. The predicted octanol–water partition coefficient (Wildman–Crippen LogP) is 1.95. The quantitative estimate of drug-likeness (QED) is 0.710. The number of nitrogens with zero attached hydrogens (tertiary/aromatic N) is 2. The van der Waals surface area contributed by atoms with E-state index in [9.17, 15) is 0 Å². The highest BCUT2D eigenvalue weighted by Gasteiger charge is 2.14. The van der Waals surface area contributed by atoms with Gasteiger partial charge in [-0.05, 0) is 18.8 Å². The van der Waals surface area contributed by atoms with Gasteiger partial charge in [-0.15, -0.1) is 5.10 Å². The summed E-state index contributed by atoms with van der Waals surface area (Å²) in [6.45, 7) is 1.46. The van der Waals surface area contributed by atoms with Gasteiger partial charge in [0.1, 0.15) is 0 Å². The maximum absolute atomic E-state index is 5.41. The number of hydrogen-bond donors (Lipinski definition) is 2. The van der Waals surface area contributed by atoms with Crippen LogP contribution in [0.15, 0.2) is 4.42 Å². The van der Waals surface area contributed by atoms with Gasteiger partial charge in [0.25, 0.3) is 0 Å². The molecule has 3 N–H and O–H groups in total. The average molecular weight is 238 g/mol. The largest absolute Gasteiger partial charge is 0.408 e. The molecule has 0 amide bonds. The van der Waals surface area contributed by atoms with Crippen LogP contribution in [0.25, 0.3) is 0 Å². The Morgan fingerprint density at radius 2 is 2.12 bits per heavy atom. The van der Waals surface area contributed by atoms with Crippen LogP contribution in [-0.4, -0.2) is 23.3 Å². The lowest BCUT2D eigenvalue weighted by molar-refractivity contribution is 0.482. The van der Waals surface area contributed by atoms with E-state index in [0.717, 1.165) is 12.5 Å². The molecule has 1 saturated carbocycles. The highest BCUT2D eigenvalue weighted by molar-refractivity contribution is 5.16. The van der Waals surface area contributed by atoms with Gasteiger partial charge in [-0.2, -0.15) is 0 Å². The van der Waals surface area contributed by atoms with E-state index in [1.807, 2.05) is 0 Å². The van der Waals surface area contributed by atoms with Gasteiger partial charge < -0.3 is 15.5 Å². The average Bonchev–Trinajstić information content (AvgIpc) is 2.96. The van der Waals surface area contributed by atoms with Crippen molar-refractivity contribution in [1.29, 1.82) is 0 Å². The van der Waals surface area contributed by atoms with Crippen molar-refractivity contribution in [2.45, 2.75) is 44.9 Å². The normalized spacial score (nSPS) is 16.5. The smallest absolute Gasteiger partial charge is 0.315 e. The van der Waals surface area contributed by atoms with E-state index in [0.29, 0.717) is 24.9 Å². The molecule has 0 spiro atoms. The van der Waals surface area contributed by atoms with Gasteiger partial charge in [0.2, 0.25) is 5.89 Å². The standard InChI is InChI=1S/C12H22N4O/c13-8-7-11-15-16-12(17-11)14-9-3-6-10-4-1-2-5-10/h10H,1-9,13H2,(H,14,16). The third-order valence-electron chi connectivity index (χ3n) is 3.37. The molecule has 1 fully saturated rings. The Labute approximate surface area is 102 Å². The summed E-state index contributed by atoms with van der Waals surface area (Å²) in [5, 5.41) is 11.0. The van der Waals surface area contributed by atoms with E-state index in [4.69, 9.17) is 10.2 Å². The van der Waals surface area contributed by atoms with Crippen LogP contribution in [0.4, 0.5) is 6.01 Å². The summed E-state index contributed by atoms with van der Waals surface area (Å²) >= 11 is 0. The lowest BCUT2D eigenvalue weighted by Gasteiger charge is -2.07. The lowest BCUT2D eigenvalue weighted by Crippen LogP contribution is -2.04. The van der Waals surface area contributed by atoms with Crippen LogP contribution in [0, 0.1) is 5.92 Å². The van der Waals surface area contributed by atoms with Gasteiger partial charge in [0, 0.05) is 19.5 Å². The highest BCUT2D eigenvalue weighted by atomic mass is 16.4. The monoisotopic (exact) mass is 238 g/mol. The lowest BCUT2D eigenvalue weighted by atomic mass is 10.0. The number of hydrogen-bond acceptors (Lipinski definition) is 5. The maximum atomic E-state index is 5.41. The SMILES string of the molecule is NCCc1nnc(NCCCC2CCCC2)o1. The second-order valence-corrected chi connectivity index (χ2v) is 4.76. The van der Waals surface area contributed by atoms with Gasteiger partial charge >= 0.3 is 6.01 Å². The molecule has 0 radical (unpaired) electrons. The summed E-state index contributed by atoms with van der Waals surface area (Å²) in [6.07, 6.45) is 8.82. The Kier molecular flexibility index (Phi) is 4.79. The third-order valence-corrected chi connectivity index (χ3v) is 3.37. The van der Waals surface area contributed by atoms with Crippen LogP contribution in [0.5, 0.6) is 0 Å². The zero-order valence-corrected chi connectivity index (χ0v) is 10.3. The summed E-state index contributed by atoms with van der Waals surface area (Å²) in [4.78, 5) is 0. The third kappa shape index (κ3) is 4.00. The molecular weight excluding hydrogens is 216 g/mol. The van der Waals surface area contributed by atoms with E-state index in [1.54, 1.807) is 0 Å². The van der Waals surface area contributed by atoms with Crippen LogP contribution in [0.2, 0.25) is 0 Å². The van der Waals surface area contributed by atoms with E-state index in [1.165, 1.54) is 38.5 Å². The van der Waals surface area contributed by atoms with Gasteiger partial charge in [-0.3, -0.25) is 0 Å². The van der Waals surface area contributed by atoms with Crippen LogP contribution in [-0.2, 0) is 6.42 Å². The molecule has 1 aliphatic rings. The number of nitrogens with two attached hydrogens (primary N) is 1. The van der Waals surface area contributed by atoms with Crippen LogP contribution >= 0.6 is 0 Å². The fourth-order valence-corrected chi connectivity index (χ4v) is 2.43. The minimum atomic E-state index is 0.528. The predicted molar refractivity (Wildman–Crippen MR) is 66.7 cm³/mol. The van der Waals surface area contributed by atoms with Gasteiger partial charge in [0.05, 0.1) is 0 Å². The molecule has 0 aromatic carbocycles. The molecule has 1 aromatic heterocycles. The minimum Gasteiger partial charge on any atom is -0.408 e. The summed E-state index contributed by atoms with van der Waals surface area (Å²) < 4.78 is 5.38. The van der Waals surface area contributed by atoms with Crippen molar-refractivity contribution in [2.24, 2.45) is 11.7 Å². The number of anilines is 1. The fourth-order valence-electron chi connectivity index (χ4n) is 2.43. The van der Waals surface area contributed by atoms with E-state index >= 15 is 0 Å². The summed E-state index contributed by atoms with van der Waals surface area (Å²) in [6, 6.07) is 0.528. The van der Waals surface area contributed by atoms with Gasteiger partial charge in [-0.1, -0.05) is 30.8 Å². The molecule has 1 aromatic rings. The van der Waals surface area contributed by atoms with Gasteiger partial charge in [-0.25, -0.2) is 0 Å². The highest BCUT2D eigenvalue weighted by Crippen LogP contribution is 2.28. The molecular formula is C12H22N4O. The molecule has 0 saturated heterocycles. The van der Waals surface area contributed by atoms with Crippen molar-refractivity contribution in [1.82, 2.24) is 10.2 Å². The molecule has 5 heteroatoms. The second kappa shape index (κ2) is 6.59. The van der Waals surface area contributed by atoms with E-state index in [-0.39, 0.29) is 0 Å². The molecule has 0 bridgehead atoms. The molecule has 1 heterocycles. The van der Waals surface area contributed by atoms with E-state index in [2.05, 4.69) is 15.5 Å². The van der Waals surface area contributed by atoms with Crippen molar-refractivity contribution in [3.8, 4) is 0 Å². The van der Waals surface area contributed by atoms with Crippen molar-refractivity contribution in [3.63, 3.8) is 0 Å². The zero-order valence-electron chi connectivity index (χ0n) is 10.3. The number of aromatic nitrogens is 2. The van der Waals surface area contributed by atoms with Crippen LogP contribution in [0.1, 0.15) is 44.4 Å². The van der Waals surface area contributed by atoms with Crippen LogP contribution < -0.4 is 11.1 Å². The summed E-state index contributed by atoms with van der Waals surface area (Å²) in [5.74, 6) is 1.57. The van der Waals surface area contributed by atoms with Crippen molar-refractivity contribution in [3.05, 3.63) is 5.89 Å². The molecule has 0 atom stereocenters. The Morgan fingerprint density at radius 3 is 2.88 bits per heavy atom. The molecule has 5 nitrogen and oxygen atoms in total. The first-order chi connectivity index (χ1) is 8.38. The molecule has 1 aliphatic carbocycles. The summed E-state index contributed by atoms with van der Waals surface area (Å²) in [5.41, 5.74) is 5.41. The first kappa shape index (κ1) is 12.4. The zero-order chi connectivity index (χ0) is 11.9. The van der Waals surface area contributed by atoms with Crippen LogP contribution in [0.3, 0.4) is 0 Å². The van der Waals surface area contributed by atoms with Crippen molar-refractivity contribution < 1.29 is 4.42 Å². The molecule has 2 rings (SSSR count). The molecule has 0 aliphatic heterocycles. The van der Waals surface area contributed by atoms with Gasteiger partial charge in [0.15, 0.2) is 0 Å². The topological polar surface area (TPSA) is 77.0 Å². The van der Waals surface area contributed by atoms with E-state index < -0.39 is 0 Å².